The molecule has 0 fully saturated rings. The van der Waals surface area contributed by atoms with Crippen molar-refractivity contribution in [3.8, 4) is 0 Å². The Kier molecular flexibility index (Phi) is 6.09. The number of rotatable bonds is 2. The summed E-state index contributed by atoms with van der Waals surface area (Å²) in [4.78, 5) is 0. The molecule has 17 heavy (non-hydrogen) atoms. The minimum Gasteiger partial charge on any atom is -0.264 e. The van der Waals surface area contributed by atoms with Gasteiger partial charge in [-0.25, -0.2) is 4.18 Å². The summed E-state index contributed by atoms with van der Waals surface area (Å²) in [7, 11) is -4.28. The highest BCUT2D eigenvalue weighted by molar-refractivity contribution is 7.80. The minimum atomic E-state index is -4.28. The van der Waals surface area contributed by atoms with Crippen LogP contribution in [0.4, 0.5) is 0 Å². The summed E-state index contributed by atoms with van der Waals surface area (Å²) >= 11 is 0. The van der Waals surface area contributed by atoms with Gasteiger partial charge in [0.2, 0.25) is 0 Å². The van der Waals surface area contributed by atoms with E-state index in [0.717, 1.165) is 0 Å². The molecule has 0 spiro atoms. The van der Waals surface area contributed by atoms with E-state index in [0.29, 0.717) is 0 Å². The van der Waals surface area contributed by atoms with Gasteiger partial charge in [0.05, 0.1) is 5.60 Å². The molecule has 0 aliphatic carbocycles. The molecular weight excluding hydrogens is 240 g/mol. The van der Waals surface area contributed by atoms with Crippen LogP contribution in [0, 0.1) is 0 Å². The second-order valence-electron chi connectivity index (χ2n) is 4.24. The van der Waals surface area contributed by atoms with E-state index in [-0.39, 0.29) is 0 Å². The van der Waals surface area contributed by atoms with Crippen molar-refractivity contribution in [2.45, 2.75) is 26.4 Å². The van der Waals surface area contributed by atoms with Crippen molar-refractivity contribution >= 4 is 16.5 Å². The van der Waals surface area contributed by atoms with Crippen LogP contribution in [0.3, 0.4) is 0 Å². The molecule has 0 aromatic heterocycles. The second-order valence-corrected chi connectivity index (χ2v) is 5.26. The fourth-order valence-corrected chi connectivity index (χ4v) is 1.54. The molecule has 4 nitrogen and oxygen atoms in total. The topological polar surface area (TPSA) is 63.6 Å². The highest BCUT2D eigenvalue weighted by Crippen LogP contribution is 2.09. The molecule has 1 aromatic rings. The van der Waals surface area contributed by atoms with Crippen LogP contribution in [0.1, 0.15) is 26.3 Å². The molecule has 5 heteroatoms. The second kappa shape index (κ2) is 6.54. The first-order chi connectivity index (χ1) is 7.64. The Labute approximate surface area is 103 Å². The smallest absolute Gasteiger partial charge is 0.264 e. The minimum absolute atomic E-state index is 0.854. The summed E-state index contributed by atoms with van der Waals surface area (Å²) in [6, 6.07) is 10.0. The number of hydrogen-bond donors (Lipinski definition) is 1. The van der Waals surface area contributed by atoms with E-state index in [9.17, 15) is 8.42 Å². The molecule has 0 atom stereocenters. The Bertz CT molecular complexity index is 429. The van der Waals surface area contributed by atoms with E-state index < -0.39 is 16.0 Å². The van der Waals surface area contributed by atoms with Crippen molar-refractivity contribution < 1.29 is 17.2 Å². The summed E-state index contributed by atoms with van der Waals surface area (Å²) in [5.41, 5.74) is 0.320. The van der Waals surface area contributed by atoms with Gasteiger partial charge in [0.1, 0.15) is 0 Å². The predicted molar refractivity (Wildman–Crippen MR) is 68.9 cm³/mol. The van der Waals surface area contributed by atoms with Gasteiger partial charge in [-0.05, 0) is 26.3 Å². The fourth-order valence-electron chi connectivity index (χ4n) is 0.905. The average molecular weight is 258 g/mol. The molecule has 0 bridgehead atoms. The maximum absolute atomic E-state index is 9.98. The van der Waals surface area contributed by atoms with E-state index in [4.69, 9.17) is 4.55 Å². The Morgan fingerprint density at radius 3 is 1.88 bits per heavy atom. The third kappa shape index (κ3) is 11.1. The van der Waals surface area contributed by atoms with Gasteiger partial charge < -0.3 is 0 Å². The first-order valence-corrected chi connectivity index (χ1v) is 6.36. The van der Waals surface area contributed by atoms with E-state index in [1.165, 1.54) is 26.3 Å². The Balaban J connectivity index is 0.000000302. The molecule has 1 aromatic carbocycles. The molecule has 96 valence electrons. The molecule has 0 amide bonds. The first kappa shape index (κ1) is 15.8. The van der Waals surface area contributed by atoms with Gasteiger partial charge in [0, 0.05) is 0 Å². The van der Waals surface area contributed by atoms with E-state index in [1.54, 1.807) is 0 Å². The van der Waals surface area contributed by atoms with Gasteiger partial charge in [-0.15, -0.1) is 0 Å². The zero-order chi connectivity index (χ0) is 13.5. The standard InChI is InChI=1S/C8H8.C4H10O4S/c1-2-8-6-4-3-5-7-8;1-4(2,3)8-9(5,6)7/h2-7H,1H2;1-3H3,(H,5,6,7). The summed E-state index contributed by atoms with van der Waals surface area (Å²) in [6.45, 7) is 8.22. The summed E-state index contributed by atoms with van der Waals surface area (Å²) in [6.07, 6.45) is 1.83. The lowest BCUT2D eigenvalue weighted by Crippen LogP contribution is -2.23. The lowest BCUT2D eigenvalue weighted by Gasteiger charge is -2.14. The van der Waals surface area contributed by atoms with Crippen LogP contribution in [-0.2, 0) is 14.6 Å². The summed E-state index contributed by atoms with van der Waals surface area (Å²) in [5, 5.41) is 0. The molecule has 0 saturated carbocycles. The fraction of sp³-hybridized carbons (Fsp3) is 0.333. The largest absolute Gasteiger partial charge is 0.397 e. The van der Waals surface area contributed by atoms with Crippen molar-refractivity contribution in [1.82, 2.24) is 0 Å². The first-order valence-electron chi connectivity index (χ1n) is 4.99. The van der Waals surface area contributed by atoms with Gasteiger partial charge in [-0.3, -0.25) is 4.55 Å². The monoisotopic (exact) mass is 258 g/mol. The molecule has 0 unspecified atom stereocenters. The van der Waals surface area contributed by atoms with Crippen LogP contribution in [-0.4, -0.2) is 18.6 Å². The Morgan fingerprint density at radius 1 is 1.24 bits per heavy atom. The Morgan fingerprint density at radius 2 is 1.71 bits per heavy atom. The molecule has 0 aliphatic rings. The summed E-state index contributed by atoms with van der Waals surface area (Å²) < 4.78 is 32.2. The van der Waals surface area contributed by atoms with E-state index in [1.807, 2.05) is 36.4 Å². The molecule has 0 radical (unpaired) electrons. The van der Waals surface area contributed by atoms with Crippen LogP contribution in [0.25, 0.3) is 6.08 Å². The van der Waals surface area contributed by atoms with Crippen molar-refractivity contribution in [3.63, 3.8) is 0 Å². The quantitative estimate of drug-likeness (QED) is 0.828. The lowest BCUT2D eigenvalue weighted by molar-refractivity contribution is 0.119. The SMILES string of the molecule is C=Cc1ccccc1.CC(C)(C)OS(=O)(=O)O. The normalized spacial score (nSPS) is 11.3. The van der Waals surface area contributed by atoms with Crippen LogP contribution < -0.4 is 0 Å². The molecular formula is C12H18O4S. The lowest BCUT2D eigenvalue weighted by atomic mass is 10.2. The highest BCUT2D eigenvalue weighted by Gasteiger charge is 2.18. The zero-order valence-corrected chi connectivity index (χ0v) is 11.1. The van der Waals surface area contributed by atoms with Gasteiger partial charge in [0.15, 0.2) is 0 Å². The molecule has 1 rings (SSSR count). The van der Waals surface area contributed by atoms with Crippen LogP contribution in [0.5, 0.6) is 0 Å². The van der Waals surface area contributed by atoms with Crippen molar-refractivity contribution in [2.75, 3.05) is 0 Å². The van der Waals surface area contributed by atoms with Gasteiger partial charge in [-0.1, -0.05) is 43.0 Å². The van der Waals surface area contributed by atoms with Crippen LogP contribution in [0.15, 0.2) is 36.9 Å². The van der Waals surface area contributed by atoms with E-state index in [2.05, 4.69) is 10.8 Å². The molecule has 0 aliphatic heterocycles. The van der Waals surface area contributed by atoms with Gasteiger partial charge in [0.25, 0.3) is 0 Å². The highest BCUT2D eigenvalue weighted by atomic mass is 32.3. The van der Waals surface area contributed by atoms with Crippen molar-refractivity contribution in [3.05, 3.63) is 42.5 Å². The number of benzene rings is 1. The third-order valence-electron chi connectivity index (χ3n) is 1.39. The Hall–Kier alpha value is -1.17. The molecule has 0 saturated heterocycles. The van der Waals surface area contributed by atoms with Crippen molar-refractivity contribution in [1.29, 1.82) is 0 Å². The van der Waals surface area contributed by atoms with Crippen LogP contribution in [0.2, 0.25) is 0 Å². The molecule has 0 heterocycles. The maximum atomic E-state index is 9.98. The number of hydrogen-bond acceptors (Lipinski definition) is 3. The van der Waals surface area contributed by atoms with Gasteiger partial charge >= 0.3 is 10.4 Å². The van der Waals surface area contributed by atoms with Crippen LogP contribution >= 0.6 is 0 Å². The zero-order valence-electron chi connectivity index (χ0n) is 10.3. The predicted octanol–water partition coefficient (Wildman–Crippen LogP) is 2.93. The third-order valence-corrected chi connectivity index (χ3v) is 2.10. The van der Waals surface area contributed by atoms with Crippen molar-refractivity contribution in [2.24, 2.45) is 0 Å². The average Bonchev–Trinajstić information content (AvgIpc) is 2.14. The van der Waals surface area contributed by atoms with E-state index >= 15 is 0 Å². The summed E-state index contributed by atoms with van der Waals surface area (Å²) in [5.74, 6) is 0. The molecule has 1 N–H and O–H groups in total. The maximum Gasteiger partial charge on any atom is 0.397 e. The van der Waals surface area contributed by atoms with Gasteiger partial charge in [-0.2, -0.15) is 8.42 Å².